The molecular formula is C11H7NO6-2. The molecule has 94 valence electrons. The Bertz CT molecular complexity index is 561. The van der Waals surface area contributed by atoms with E-state index in [9.17, 15) is 29.9 Å². The first-order valence-corrected chi connectivity index (χ1v) is 4.72. The van der Waals surface area contributed by atoms with Crippen LogP contribution in [0, 0.1) is 10.1 Å². The number of aromatic carboxylic acids is 2. The Morgan fingerprint density at radius 2 is 1.72 bits per heavy atom. The molecule has 0 unspecified atom stereocenters. The van der Waals surface area contributed by atoms with E-state index in [-0.39, 0.29) is 11.3 Å². The highest BCUT2D eigenvalue weighted by atomic mass is 16.6. The molecule has 1 aromatic rings. The molecule has 0 fully saturated rings. The van der Waals surface area contributed by atoms with E-state index in [0.717, 1.165) is 18.2 Å². The summed E-state index contributed by atoms with van der Waals surface area (Å²) in [6.45, 7) is 1.23. The van der Waals surface area contributed by atoms with E-state index in [4.69, 9.17) is 0 Å². The molecule has 7 nitrogen and oxygen atoms in total. The monoisotopic (exact) mass is 249 g/mol. The quantitative estimate of drug-likeness (QED) is 0.500. The molecule has 7 heteroatoms. The minimum atomic E-state index is -1.69. The lowest BCUT2D eigenvalue weighted by atomic mass is 10.0. The van der Waals surface area contributed by atoms with Crippen LogP contribution in [0.2, 0.25) is 0 Å². The molecule has 0 aliphatic heterocycles. The van der Waals surface area contributed by atoms with Crippen molar-refractivity contribution in [1.29, 1.82) is 0 Å². The van der Waals surface area contributed by atoms with Crippen molar-refractivity contribution in [2.24, 2.45) is 0 Å². The number of allylic oxidation sites excluding steroid dienone is 1. The van der Waals surface area contributed by atoms with E-state index in [0.29, 0.717) is 0 Å². The second-order valence-corrected chi connectivity index (χ2v) is 3.42. The van der Waals surface area contributed by atoms with Gasteiger partial charge < -0.3 is 19.8 Å². The highest BCUT2D eigenvalue weighted by Gasteiger charge is 2.07. The van der Waals surface area contributed by atoms with Crippen LogP contribution in [0.5, 0.6) is 0 Å². The summed E-state index contributed by atoms with van der Waals surface area (Å²) in [4.78, 5) is 31.1. The third kappa shape index (κ3) is 2.91. The molecule has 0 aliphatic carbocycles. The third-order valence-corrected chi connectivity index (χ3v) is 2.15. The molecule has 0 N–H and O–H groups in total. The number of benzene rings is 1. The van der Waals surface area contributed by atoms with Crippen LogP contribution in [0.25, 0.3) is 6.08 Å². The number of carboxylic acids is 2. The number of nitro groups is 1. The lowest BCUT2D eigenvalue weighted by Gasteiger charge is -2.11. The van der Waals surface area contributed by atoms with Crippen molar-refractivity contribution in [2.75, 3.05) is 0 Å². The van der Waals surface area contributed by atoms with E-state index in [1.54, 1.807) is 0 Å². The minimum absolute atomic E-state index is 0.188. The number of rotatable bonds is 4. The summed E-state index contributed by atoms with van der Waals surface area (Å²) in [5, 5.41) is 31.8. The van der Waals surface area contributed by atoms with Gasteiger partial charge in [0.15, 0.2) is 0 Å². The molecule has 18 heavy (non-hydrogen) atoms. The average molecular weight is 249 g/mol. The van der Waals surface area contributed by atoms with E-state index >= 15 is 0 Å². The van der Waals surface area contributed by atoms with Gasteiger partial charge in [0.2, 0.25) is 5.70 Å². The van der Waals surface area contributed by atoms with Crippen LogP contribution in [0.1, 0.15) is 33.2 Å². The molecule has 1 aromatic carbocycles. The highest BCUT2D eigenvalue weighted by Crippen LogP contribution is 2.14. The van der Waals surface area contributed by atoms with Gasteiger partial charge in [0.1, 0.15) is 0 Å². The van der Waals surface area contributed by atoms with Crippen molar-refractivity contribution in [3.63, 3.8) is 0 Å². The first-order chi connectivity index (χ1) is 8.32. The largest absolute Gasteiger partial charge is 0.545 e. The molecule has 0 aromatic heterocycles. The fourth-order valence-electron chi connectivity index (χ4n) is 1.29. The smallest absolute Gasteiger partial charge is 0.243 e. The molecule has 1 rings (SSSR count). The topological polar surface area (TPSA) is 123 Å². The van der Waals surface area contributed by atoms with E-state index < -0.39 is 28.0 Å². The summed E-state index contributed by atoms with van der Waals surface area (Å²) in [6.07, 6.45) is 1.12. The van der Waals surface area contributed by atoms with Crippen molar-refractivity contribution < 1.29 is 24.7 Å². The molecule has 0 spiro atoms. The van der Waals surface area contributed by atoms with Gasteiger partial charge in [-0.3, -0.25) is 10.1 Å². The van der Waals surface area contributed by atoms with Crippen molar-refractivity contribution in [2.45, 2.75) is 6.92 Å². The molecule has 0 bridgehead atoms. The zero-order valence-electron chi connectivity index (χ0n) is 9.21. The zero-order valence-corrected chi connectivity index (χ0v) is 9.21. The van der Waals surface area contributed by atoms with Gasteiger partial charge >= 0.3 is 0 Å². The molecular weight excluding hydrogens is 242 g/mol. The first-order valence-electron chi connectivity index (χ1n) is 4.72. The average Bonchev–Trinajstić information content (AvgIpc) is 2.28. The van der Waals surface area contributed by atoms with Crippen LogP contribution >= 0.6 is 0 Å². The third-order valence-electron chi connectivity index (χ3n) is 2.15. The molecule has 0 amide bonds. The summed E-state index contributed by atoms with van der Waals surface area (Å²) in [5.41, 5.74) is -1.14. The molecule has 0 radical (unpaired) electrons. The van der Waals surface area contributed by atoms with Crippen molar-refractivity contribution in [3.05, 3.63) is 50.7 Å². The van der Waals surface area contributed by atoms with Crippen LogP contribution in [0.3, 0.4) is 0 Å². The molecule has 0 saturated heterocycles. The lowest BCUT2D eigenvalue weighted by Crippen LogP contribution is -2.30. The van der Waals surface area contributed by atoms with Gasteiger partial charge in [0.05, 0.1) is 16.9 Å². The Labute approximate surface area is 101 Å². The number of carboxylic acid groups (broad SMARTS) is 2. The molecule has 0 heterocycles. The maximum Gasteiger partial charge on any atom is 0.243 e. The summed E-state index contributed by atoms with van der Waals surface area (Å²) in [6, 6.07) is 3.22. The van der Waals surface area contributed by atoms with Gasteiger partial charge in [-0.2, -0.15) is 0 Å². The Morgan fingerprint density at radius 3 is 2.17 bits per heavy atom. The van der Waals surface area contributed by atoms with Crippen LogP contribution in [-0.2, 0) is 0 Å². The molecule has 0 aliphatic rings. The summed E-state index contributed by atoms with van der Waals surface area (Å²) >= 11 is 0. The fourth-order valence-corrected chi connectivity index (χ4v) is 1.29. The van der Waals surface area contributed by atoms with Gasteiger partial charge in [-0.15, -0.1) is 0 Å². The zero-order chi connectivity index (χ0) is 13.9. The fraction of sp³-hybridized carbons (Fsp3) is 0.0909. The molecule has 0 atom stereocenters. The van der Waals surface area contributed by atoms with Gasteiger partial charge in [0, 0.05) is 24.1 Å². The molecule has 0 saturated carbocycles. The minimum Gasteiger partial charge on any atom is -0.545 e. The number of carbonyl (C=O) groups is 2. The van der Waals surface area contributed by atoms with Gasteiger partial charge in [-0.05, 0) is 11.6 Å². The Morgan fingerprint density at radius 1 is 1.17 bits per heavy atom. The SMILES string of the molecule is C/C(=C\c1ccc(C(=O)[O-])c(C(=O)[O-])c1)[N+](=O)[O-]. The summed E-state index contributed by atoms with van der Waals surface area (Å²) in [7, 11) is 0. The van der Waals surface area contributed by atoms with Gasteiger partial charge in [-0.1, -0.05) is 12.1 Å². The highest BCUT2D eigenvalue weighted by molar-refractivity contribution is 6.00. The Hall–Kier alpha value is -2.70. The van der Waals surface area contributed by atoms with E-state index in [2.05, 4.69) is 0 Å². The Kier molecular flexibility index (Phi) is 3.78. The normalized spacial score (nSPS) is 11.1. The van der Waals surface area contributed by atoms with Crippen LogP contribution in [-0.4, -0.2) is 16.9 Å². The van der Waals surface area contributed by atoms with Crippen LogP contribution < -0.4 is 10.2 Å². The predicted octanol–water partition coefficient (Wildman–Crippen LogP) is -0.949. The van der Waals surface area contributed by atoms with Gasteiger partial charge in [0.25, 0.3) is 0 Å². The van der Waals surface area contributed by atoms with Gasteiger partial charge in [-0.25, -0.2) is 0 Å². The van der Waals surface area contributed by atoms with E-state index in [1.165, 1.54) is 13.0 Å². The number of hydrogen-bond donors (Lipinski definition) is 0. The van der Waals surface area contributed by atoms with E-state index in [1.807, 2.05) is 0 Å². The number of hydrogen-bond acceptors (Lipinski definition) is 6. The van der Waals surface area contributed by atoms with Crippen LogP contribution in [0.4, 0.5) is 0 Å². The van der Waals surface area contributed by atoms with Crippen molar-refractivity contribution in [1.82, 2.24) is 0 Å². The maximum absolute atomic E-state index is 10.7. The van der Waals surface area contributed by atoms with Crippen LogP contribution in [0.15, 0.2) is 23.9 Å². The number of carbonyl (C=O) groups excluding carboxylic acids is 2. The van der Waals surface area contributed by atoms with Crippen molar-refractivity contribution in [3.8, 4) is 0 Å². The number of nitrogens with zero attached hydrogens (tertiary/aromatic N) is 1. The maximum atomic E-state index is 10.7. The second kappa shape index (κ2) is 5.09. The van der Waals surface area contributed by atoms with Crippen molar-refractivity contribution >= 4 is 18.0 Å². The first kappa shape index (κ1) is 13.4. The second-order valence-electron chi connectivity index (χ2n) is 3.42. The lowest BCUT2D eigenvalue weighted by molar-refractivity contribution is -0.422. The summed E-state index contributed by atoms with van der Waals surface area (Å²) in [5.74, 6) is -3.35. The predicted molar refractivity (Wildman–Crippen MR) is 55.7 cm³/mol. The Balaban J connectivity index is 3.32. The summed E-state index contributed by atoms with van der Waals surface area (Å²) < 4.78 is 0. The standard InChI is InChI=1S/C11H9NO6/c1-6(12(17)18)4-7-2-3-8(10(13)14)9(5-7)11(15)16/h2-5H,1H3,(H,13,14)(H,15,16)/p-2/b6-4+.